The van der Waals surface area contributed by atoms with E-state index >= 15 is 0 Å². The number of ether oxygens (including phenoxy) is 2. The number of esters is 1. The summed E-state index contributed by atoms with van der Waals surface area (Å²) in [6.07, 6.45) is 0.168. The molecule has 0 atom stereocenters. The van der Waals surface area contributed by atoms with Gasteiger partial charge in [-0.25, -0.2) is 0 Å². The number of carbonyl (C=O) groups excluding carboxylic acids is 3. The quantitative estimate of drug-likeness (QED) is 0.764. The highest BCUT2D eigenvalue weighted by Gasteiger charge is 2.18. The van der Waals surface area contributed by atoms with Crippen molar-refractivity contribution in [2.45, 2.75) is 6.42 Å². The maximum Gasteiger partial charge on any atom is 0.325 e. The molecule has 2 aromatic carbocycles. The maximum atomic E-state index is 12.1. The van der Waals surface area contributed by atoms with Crippen molar-refractivity contribution in [3.8, 4) is 0 Å². The molecule has 0 radical (unpaired) electrons. The van der Waals surface area contributed by atoms with Gasteiger partial charge in [-0.15, -0.1) is 0 Å². The molecular formula is C20H22N2O5. The third kappa shape index (κ3) is 5.27. The third-order valence-corrected chi connectivity index (χ3v) is 4.38. The van der Waals surface area contributed by atoms with Gasteiger partial charge in [-0.2, -0.15) is 0 Å². The van der Waals surface area contributed by atoms with Gasteiger partial charge in [0.1, 0.15) is 6.54 Å². The summed E-state index contributed by atoms with van der Waals surface area (Å²) in [6, 6.07) is 13.6. The van der Waals surface area contributed by atoms with Crippen molar-refractivity contribution in [1.29, 1.82) is 0 Å². The van der Waals surface area contributed by atoms with Crippen LogP contribution < -0.4 is 5.32 Å². The second-order valence-corrected chi connectivity index (χ2v) is 6.25. The SMILES string of the molecule is O=C(Cc1cccc2ccccc12)NCC(=O)OCC(=O)N1CCOCC1. The Morgan fingerprint density at radius 3 is 2.59 bits per heavy atom. The minimum absolute atomic E-state index is 0.168. The molecule has 3 rings (SSSR count). The van der Waals surface area contributed by atoms with E-state index in [0.29, 0.717) is 26.3 Å². The number of rotatable bonds is 6. The van der Waals surface area contributed by atoms with Crippen LogP contribution in [0.4, 0.5) is 0 Å². The van der Waals surface area contributed by atoms with Crippen LogP contribution in [0.2, 0.25) is 0 Å². The molecular weight excluding hydrogens is 348 g/mol. The van der Waals surface area contributed by atoms with Gasteiger partial charge in [0.25, 0.3) is 5.91 Å². The van der Waals surface area contributed by atoms with Crippen molar-refractivity contribution in [2.75, 3.05) is 39.5 Å². The zero-order chi connectivity index (χ0) is 19.1. The number of amides is 2. The molecule has 0 aliphatic carbocycles. The number of nitrogens with one attached hydrogen (secondary N) is 1. The van der Waals surface area contributed by atoms with Crippen molar-refractivity contribution in [2.24, 2.45) is 0 Å². The van der Waals surface area contributed by atoms with Crippen LogP contribution in [0.1, 0.15) is 5.56 Å². The van der Waals surface area contributed by atoms with Crippen LogP contribution in [0, 0.1) is 0 Å². The lowest BCUT2D eigenvalue weighted by Gasteiger charge is -2.26. The Hall–Kier alpha value is -2.93. The van der Waals surface area contributed by atoms with Crippen molar-refractivity contribution < 1.29 is 23.9 Å². The highest BCUT2D eigenvalue weighted by atomic mass is 16.5. The topological polar surface area (TPSA) is 84.9 Å². The minimum Gasteiger partial charge on any atom is -0.454 e. The van der Waals surface area contributed by atoms with Gasteiger partial charge in [-0.05, 0) is 16.3 Å². The molecule has 2 amide bonds. The summed E-state index contributed by atoms with van der Waals surface area (Å²) in [5.41, 5.74) is 0.890. The second kappa shape index (κ2) is 9.14. The van der Waals surface area contributed by atoms with E-state index < -0.39 is 5.97 Å². The van der Waals surface area contributed by atoms with Gasteiger partial charge in [-0.3, -0.25) is 14.4 Å². The lowest BCUT2D eigenvalue weighted by molar-refractivity contribution is -0.153. The van der Waals surface area contributed by atoms with Crippen LogP contribution in [0.3, 0.4) is 0 Å². The number of benzene rings is 2. The van der Waals surface area contributed by atoms with Gasteiger partial charge < -0.3 is 19.7 Å². The Labute approximate surface area is 157 Å². The van der Waals surface area contributed by atoms with Crippen LogP contribution in [0.5, 0.6) is 0 Å². The molecule has 0 bridgehead atoms. The molecule has 1 saturated heterocycles. The summed E-state index contributed by atoms with van der Waals surface area (Å²) in [5, 5.41) is 4.61. The lowest BCUT2D eigenvalue weighted by Crippen LogP contribution is -2.43. The first kappa shape index (κ1) is 18.8. The monoisotopic (exact) mass is 370 g/mol. The molecule has 0 unspecified atom stereocenters. The molecule has 142 valence electrons. The molecule has 0 spiro atoms. The Bertz CT molecular complexity index is 825. The zero-order valence-corrected chi connectivity index (χ0v) is 15.0. The molecule has 0 aromatic heterocycles. The largest absolute Gasteiger partial charge is 0.454 e. The lowest BCUT2D eigenvalue weighted by atomic mass is 10.0. The van der Waals surface area contributed by atoms with Gasteiger partial charge in [0, 0.05) is 13.1 Å². The van der Waals surface area contributed by atoms with E-state index in [9.17, 15) is 14.4 Å². The van der Waals surface area contributed by atoms with E-state index in [1.807, 2.05) is 42.5 Å². The van der Waals surface area contributed by atoms with E-state index in [-0.39, 0.29) is 31.4 Å². The summed E-state index contributed by atoms with van der Waals surface area (Å²) < 4.78 is 10.1. The normalized spacial score (nSPS) is 14.0. The van der Waals surface area contributed by atoms with Gasteiger partial charge >= 0.3 is 5.97 Å². The van der Waals surface area contributed by atoms with E-state index in [4.69, 9.17) is 9.47 Å². The predicted octanol–water partition coefficient (Wildman–Crippen LogP) is 0.900. The molecule has 2 aromatic rings. The molecule has 1 aliphatic heterocycles. The fourth-order valence-electron chi connectivity index (χ4n) is 2.95. The van der Waals surface area contributed by atoms with E-state index in [1.165, 1.54) is 0 Å². The molecule has 1 fully saturated rings. The van der Waals surface area contributed by atoms with E-state index in [2.05, 4.69) is 5.32 Å². The standard InChI is InChI=1S/C20H22N2O5/c23-18(12-16-6-3-5-15-4-1-2-7-17(15)16)21-13-20(25)27-14-19(24)22-8-10-26-11-9-22/h1-7H,8-14H2,(H,21,23). The first-order valence-electron chi connectivity index (χ1n) is 8.88. The number of carbonyl (C=O) groups is 3. The zero-order valence-electron chi connectivity index (χ0n) is 15.0. The fourth-order valence-corrected chi connectivity index (χ4v) is 2.95. The summed E-state index contributed by atoms with van der Waals surface area (Å²) >= 11 is 0. The van der Waals surface area contributed by atoms with Gasteiger partial charge in [-0.1, -0.05) is 42.5 Å². The smallest absolute Gasteiger partial charge is 0.325 e. The average Bonchev–Trinajstić information content (AvgIpc) is 2.71. The van der Waals surface area contributed by atoms with Crippen LogP contribution in [-0.4, -0.2) is 62.1 Å². The van der Waals surface area contributed by atoms with Crippen molar-refractivity contribution in [1.82, 2.24) is 10.2 Å². The Morgan fingerprint density at radius 1 is 1.04 bits per heavy atom. The summed E-state index contributed by atoms with van der Waals surface area (Å²) in [6.45, 7) is 1.39. The van der Waals surface area contributed by atoms with Gasteiger partial charge in [0.2, 0.25) is 5.91 Å². The van der Waals surface area contributed by atoms with Crippen molar-refractivity contribution in [3.05, 3.63) is 48.0 Å². The summed E-state index contributed by atoms with van der Waals surface area (Å²) in [4.78, 5) is 37.4. The number of hydrogen-bond donors (Lipinski definition) is 1. The third-order valence-electron chi connectivity index (χ3n) is 4.38. The maximum absolute atomic E-state index is 12.1. The van der Waals surface area contributed by atoms with Crippen molar-refractivity contribution in [3.63, 3.8) is 0 Å². The highest BCUT2D eigenvalue weighted by Crippen LogP contribution is 2.18. The molecule has 1 aliphatic rings. The molecule has 7 heteroatoms. The number of hydrogen-bond acceptors (Lipinski definition) is 5. The first-order valence-corrected chi connectivity index (χ1v) is 8.88. The molecule has 1 heterocycles. The molecule has 0 saturated carbocycles. The Kier molecular flexibility index (Phi) is 6.38. The minimum atomic E-state index is -0.636. The summed E-state index contributed by atoms with van der Waals surface area (Å²) in [5.74, 6) is -1.17. The van der Waals surface area contributed by atoms with Gasteiger partial charge in [0.05, 0.1) is 19.6 Å². The van der Waals surface area contributed by atoms with Crippen LogP contribution in [0.25, 0.3) is 10.8 Å². The Balaban J connectivity index is 1.43. The van der Waals surface area contributed by atoms with Gasteiger partial charge in [0.15, 0.2) is 6.61 Å². The summed E-state index contributed by atoms with van der Waals surface area (Å²) in [7, 11) is 0. The van der Waals surface area contributed by atoms with Crippen LogP contribution in [-0.2, 0) is 30.3 Å². The van der Waals surface area contributed by atoms with E-state index in [1.54, 1.807) is 4.90 Å². The second-order valence-electron chi connectivity index (χ2n) is 6.25. The van der Waals surface area contributed by atoms with Crippen LogP contribution >= 0.6 is 0 Å². The number of morpholine rings is 1. The van der Waals surface area contributed by atoms with Crippen LogP contribution in [0.15, 0.2) is 42.5 Å². The molecule has 1 N–H and O–H groups in total. The molecule has 27 heavy (non-hydrogen) atoms. The average molecular weight is 370 g/mol. The Morgan fingerprint density at radius 2 is 1.78 bits per heavy atom. The van der Waals surface area contributed by atoms with Crippen molar-refractivity contribution >= 4 is 28.6 Å². The fraction of sp³-hybridized carbons (Fsp3) is 0.350. The first-order chi connectivity index (χ1) is 13.1. The number of nitrogens with zero attached hydrogens (tertiary/aromatic N) is 1. The predicted molar refractivity (Wildman–Crippen MR) is 99.0 cm³/mol. The number of fused-ring (bicyclic) bond motifs is 1. The molecule has 7 nitrogen and oxygen atoms in total. The van der Waals surface area contributed by atoms with E-state index in [0.717, 1.165) is 16.3 Å². The highest BCUT2D eigenvalue weighted by molar-refractivity contribution is 5.91.